The second kappa shape index (κ2) is 6.26. The standard InChI is InChI=1S/C20H13BrNO3/c21-16-5-6-19-15(9-16)10-17(20(24)25-19)18(23)12-22-8-7-13-3-1-2-4-14(13)11-22/h1-11H,12H2/q+1. The Kier molecular flexibility index (Phi) is 3.93. The largest absolute Gasteiger partial charge is 0.422 e. The number of nitrogens with zero attached hydrogens (tertiary/aromatic N) is 1. The van der Waals surface area contributed by atoms with E-state index in [0.717, 1.165) is 15.2 Å². The fourth-order valence-electron chi connectivity index (χ4n) is 2.82. The fourth-order valence-corrected chi connectivity index (χ4v) is 3.19. The van der Waals surface area contributed by atoms with Gasteiger partial charge < -0.3 is 4.42 Å². The predicted octanol–water partition coefficient (Wildman–Crippen LogP) is 3.88. The monoisotopic (exact) mass is 394 g/mol. The number of fused-ring (bicyclic) bond motifs is 2. The zero-order valence-corrected chi connectivity index (χ0v) is 14.7. The van der Waals surface area contributed by atoms with Crippen LogP contribution in [0.1, 0.15) is 10.4 Å². The first-order chi connectivity index (χ1) is 12.1. The summed E-state index contributed by atoms with van der Waals surface area (Å²) in [6, 6.07) is 16.8. The van der Waals surface area contributed by atoms with Gasteiger partial charge in [-0.15, -0.1) is 0 Å². The highest BCUT2D eigenvalue weighted by molar-refractivity contribution is 9.10. The van der Waals surface area contributed by atoms with Crippen molar-refractivity contribution >= 4 is 43.5 Å². The van der Waals surface area contributed by atoms with Crippen LogP contribution in [0.2, 0.25) is 0 Å². The highest BCUT2D eigenvalue weighted by Crippen LogP contribution is 2.19. The molecule has 0 amide bonds. The van der Waals surface area contributed by atoms with Crippen LogP contribution >= 0.6 is 15.9 Å². The number of carbonyl (C=O) groups is 1. The molecule has 0 saturated heterocycles. The van der Waals surface area contributed by atoms with Crippen LogP contribution in [0, 0.1) is 0 Å². The van der Waals surface area contributed by atoms with Crippen LogP contribution in [0.5, 0.6) is 0 Å². The molecule has 2 heterocycles. The highest BCUT2D eigenvalue weighted by Gasteiger charge is 2.18. The highest BCUT2D eigenvalue weighted by atomic mass is 79.9. The zero-order valence-electron chi connectivity index (χ0n) is 13.1. The van der Waals surface area contributed by atoms with Crippen molar-refractivity contribution in [1.29, 1.82) is 0 Å². The SMILES string of the molecule is O=C(C[n+]1ccc2ccccc2c1)c1cc2cc(Br)ccc2oc1=O. The Morgan fingerprint density at radius 1 is 1.00 bits per heavy atom. The van der Waals surface area contributed by atoms with Crippen LogP contribution < -0.4 is 10.2 Å². The first-order valence-electron chi connectivity index (χ1n) is 7.75. The minimum atomic E-state index is -0.610. The third-order valence-corrected chi connectivity index (χ3v) is 4.56. The molecule has 4 rings (SSSR count). The van der Waals surface area contributed by atoms with Crippen molar-refractivity contribution in [2.75, 3.05) is 0 Å². The maximum atomic E-state index is 12.6. The number of rotatable bonds is 3. The number of benzene rings is 2. The number of carbonyl (C=O) groups excluding carboxylic acids is 1. The molecule has 0 radical (unpaired) electrons. The van der Waals surface area contributed by atoms with E-state index in [2.05, 4.69) is 15.9 Å². The molecule has 2 aromatic carbocycles. The van der Waals surface area contributed by atoms with Gasteiger partial charge in [0, 0.05) is 21.3 Å². The Balaban J connectivity index is 1.71. The molecule has 25 heavy (non-hydrogen) atoms. The van der Waals surface area contributed by atoms with E-state index in [-0.39, 0.29) is 17.9 Å². The number of halogens is 1. The Hall–Kier alpha value is -2.79. The van der Waals surface area contributed by atoms with Crippen molar-refractivity contribution in [1.82, 2.24) is 0 Å². The van der Waals surface area contributed by atoms with Gasteiger partial charge in [0.25, 0.3) is 0 Å². The van der Waals surface area contributed by atoms with Gasteiger partial charge in [-0.25, -0.2) is 4.79 Å². The number of pyridine rings is 1. The van der Waals surface area contributed by atoms with Gasteiger partial charge >= 0.3 is 5.63 Å². The van der Waals surface area contributed by atoms with E-state index in [4.69, 9.17) is 4.42 Å². The van der Waals surface area contributed by atoms with Gasteiger partial charge in [0.15, 0.2) is 12.4 Å². The van der Waals surface area contributed by atoms with Crippen molar-refractivity contribution < 1.29 is 13.8 Å². The lowest BCUT2D eigenvalue weighted by atomic mass is 10.1. The molecule has 5 heteroatoms. The Morgan fingerprint density at radius 2 is 1.80 bits per heavy atom. The fraction of sp³-hybridized carbons (Fsp3) is 0.0500. The van der Waals surface area contributed by atoms with Gasteiger partial charge in [-0.3, -0.25) is 4.79 Å². The molecule has 0 aliphatic heterocycles. The van der Waals surface area contributed by atoms with E-state index in [0.29, 0.717) is 11.0 Å². The molecule has 0 unspecified atom stereocenters. The summed E-state index contributed by atoms with van der Waals surface area (Å²) in [4.78, 5) is 24.8. The van der Waals surface area contributed by atoms with Gasteiger partial charge in [0.2, 0.25) is 12.3 Å². The van der Waals surface area contributed by atoms with E-state index in [1.807, 2.05) is 48.8 Å². The number of hydrogen-bond donors (Lipinski definition) is 0. The lowest BCUT2D eigenvalue weighted by molar-refractivity contribution is -0.681. The summed E-state index contributed by atoms with van der Waals surface area (Å²) in [6.45, 7) is 0.0785. The second-order valence-electron chi connectivity index (χ2n) is 5.80. The first-order valence-corrected chi connectivity index (χ1v) is 8.54. The van der Waals surface area contributed by atoms with Gasteiger partial charge in [-0.2, -0.15) is 4.57 Å². The number of aromatic nitrogens is 1. The van der Waals surface area contributed by atoms with Crippen molar-refractivity contribution in [3.63, 3.8) is 0 Å². The Labute approximate surface area is 151 Å². The molecule has 122 valence electrons. The summed E-state index contributed by atoms with van der Waals surface area (Å²) < 4.78 is 7.90. The predicted molar refractivity (Wildman–Crippen MR) is 98.7 cm³/mol. The van der Waals surface area contributed by atoms with Crippen LogP contribution in [0.4, 0.5) is 0 Å². The average molecular weight is 395 g/mol. The third kappa shape index (κ3) is 3.10. The summed E-state index contributed by atoms with van der Waals surface area (Å²) >= 11 is 3.38. The molecule has 0 fully saturated rings. The van der Waals surface area contributed by atoms with Crippen molar-refractivity contribution in [3.05, 3.63) is 87.4 Å². The van der Waals surface area contributed by atoms with E-state index < -0.39 is 5.63 Å². The van der Waals surface area contributed by atoms with Crippen molar-refractivity contribution in [3.8, 4) is 0 Å². The molecule has 4 nitrogen and oxygen atoms in total. The number of ketones is 1. The topological polar surface area (TPSA) is 51.2 Å². The van der Waals surface area contributed by atoms with Crippen LogP contribution in [0.25, 0.3) is 21.7 Å². The molecule has 0 aliphatic carbocycles. The van der Waals surface area contributed by atoms with Crippen molar-refractivity contribution in [2.45, 2.75) is 6.54 Å². The molecule has 0 atom stereocenters. The molecular weight excluding hydrogens is 382 g/mol. The van der Waals surface area contributed by atoms with Crippen LogP contribution in [-0.4, -0.2) is 5.78 Å². The Morgan fingerprint density at radius 3 is 2.64 bits per heavy atom. The summed E-state index contributed by atoms with van der Waals surface area (Å²) in [5, 5.41) is 2.84. The summed E-state index contributed by atoms with van der Waals surface area (Å²) in [5.74, 6) is -0.282. The quantitative estimate of drug-likeness (QED) is 0.301. The smallest absolute Gasteiger partial charge is 0.347 e. The zero-order chi connectivity index (χ0) is 17.4. The maximum Gasteiger partial charge on any atom is 0.347 e. The molecule has 0 saturated carbocycles. The average Bonchev–Trinajstić information content (AvgIpc) is 2.61. The van der Waals surface area contributed by atoms with Gasteiger partial charge in [0.05, 0.1) is 0 Å². The van der Waals surface area contributed by atoms with Crippen LogP contribution in [-0.2, 0) is 6.54 Å². The van der Waals surface area contributed by atoms with E-state index in [1.165, 1.54) is 0 Å². The summed E-state index contributed by atoms with van der Waals surface area (Å²) in [6.07, 6.45) is 3.73. The summed E-state index contributed by atoms with van der Waals surface area (Å²) in [5.41, 5.74) is -0.0874. The molecule has 2 aromatic heterocycles. The molecule has 0 spiro atoms. The molecule has 0 aliphatic rings. The van der Waals surface area contributed by atoms with Crippen LogP contribution in [0.15, 0.2) is 80.7 Å². The van der Waals surface area contributed by atoms with Gasteiger partial charge in [0.1, 0.15) is 11.1 Å². The summed E-state index contributed by atoms with van der Waals surface area (Å²) in [7, 11) is 0. The Bertz CT molecular complexity index is 1180. The first kappa shape index (κ1) is 15.7. The minimum Gasteiger partial charge on any atom is -0.422 e. The van der Waals surface area contributed by atoms with Crippen molar-refractivity contribution in [2.24, 2.45) is 0 Å². The number of Topliss-reactive ketones (excluding diaryl/α,β-unsaturated/α-hetero) is 1. The second-order valence-corrected chi connectivity index (χ2v) is 6.71. The van der Waals surface area contributed by atoms with Gasteiger partial charge in [-0.1, -0.05) is 34.1 Å². The molecule has 0 N–H and O–H groups in total. The lowest BCUT2D eigenvalue weighted by Gasteiger charge is -2.02. The lowest BCUT2D eigenvalue weighted by Crippen LogP contribution is -2.38. The maximum absolute atomic E-state index is 12.6. The van der Waals surface area contributed by atoms with Gasteiger partial charge in [-0.05, 0) is 35.7 Å². The normalized spacial score (nSPS) is 11.1. The molecule has 4 aromatic rings. The number of hydrogen-bond acceptors (Lipinski definition) is 3. The molecule has 0 bridgehead atoms. The van der Waals surface area contributed by atoms with E-state index in [9.17, 15) is 9.59 Å². The van der Waals surface area contributed by atoms with Crippen LogP contribution in [0.3, 0.4) is 0 Å². The third-order valence-electron chi connectivity index (χ3n) is 4.07. The molecular formula is C20H13BrNO3+. The minimum absolute atomic E-state index is 0.0614. The van der Waals surface area contributed by atoms with E-state index >= 15 is 0 Å². The van der Waals surface area contributed by atoms with E-state index in [1.54, 1.807) is 22.8 Å².